The molecule has 0 spiro atoms. The summed E-state index contributed by atoms with van der Waals surface area (Å²) in [7, 11) is 0. The average molecular weight is 430 g/mol. The van der Waals surface area contributed by atoms with Gasteiger partial charge in [0.2, 0.25) is 0 Å². The van der Waals surface area contributed by atoms with E-state index in [0.29, 0.717) is 29.7 Å². The molecule has 0 aliphatic carbocycles. The number of rotatable bonds is 7. The Hall–Kier alpha value is -2.02. The van der Waals surface area contributed by atoms with Crippen molar-refractivity contribution in [2.75, 3.05) is 38.3 Å². The number of ketones is 1. The van der Waals surface area contributed by atoms with Crippen molar-refractivity contribution in [3.05, 3.63) is 41.2 Å². The molecular weight excluding hydrogens is 402 g/mol. The zero-order chi connectivity index (χ0) is 20.8. The summed E-state index contributed by atoms with van der Waals surface area (Å²) in [6, 6.07) is 7.75. The van der Waals surface area contributed by atoms with Crippen molar-refractivity contribution in [2.45, 2.75) is 32.1 Å². The molecule has 1 N–H and O–H groups in total. The molecule has 4 rings (SSSR count). The highest BCUT2D eigenvalue weighted by Gasteiger charge is 2.22. The number of nitrogens with zero attached hydrogens (tertiary/aromatic N) is 2. The highest BCUT2D eigenvalue weighted by atomic mass is 35.5. The lowest BCUT2D eigenvalue weighted by Crippen LogP contribution is -2.26. The predicted molar refractivity (Wildman–Crippen MR) is 117 cm³/mol. The number of halogens is 1. The second-order valence-electron chi connectivity index (χ2n) is 8.06. The van der Waals surface area contributed by atoms with E-state index in [4.69, 9.17) is 26.1 Å². The van der Waals surface area contributed by atoms with E-state index in [0.717, 1.165) is 69.1 Å². The monoisotopic (exact) mass is 429 g/mol. The number of hydrogen-bond acceptors (Lipinski definition) is 6. The fourth-order valence-electron chi connectivity index (χ4n) is 3.98. The maximum Gasteiger partial charge on any atom is 0.144 e. The van der Waals surface area contributed by atoms with Crippen molar-refractivity contribution in [1.82, 2.24) is 9.97 Å². The second-order valence-corrected chi connectivity index (χ2v) is 8.46. The van der Waals surface area contributed by atoms with Crippen LogP contribution < -0.4 is 5.32 Å². The molecule has 7 heteroatoms. The van der Waals surface area contributed by atoms with Gasteiger partial charge in [-0.3, -0.25) is 9.78 Å². The molecule has 2 fully saturated rings. The van der Waals surface area contributed by atoms with Crippen LogP contribution in [0.1, 0.15) is 31.4 Å². The van der Waals surface area contributed by atoms with Gasteiger partial charge in [0.15, 0.2) is 0 Å². The summed E-state index contributed by atoms with van der Waals surface area (Å²) in [6.45, 7) is 3.81. The third kappa shape index (κ3) is 5.56. The van der Waals surface area contributed by atoms with Crippen molar-refractivity contribution in [2.24, 2.45) is 11.8 Å². The fourth-order valence-corrected chi connectivity index (χ4v) is 4.18. The van der Waals surface area contributed by atoms with Crippen LogP contribution in [0.2, 0.25) is 5.02 Å². The molecule has 1 unspecified atom stereocenters. The van der Waals surface area contributed by atoms with E-state index < -0.39 is 0 Å². The largest absolute Gasteiger partial charge is 0.381 e. The van der Waals surface area contributed by atoms with Gasteiger partial charge >= 0.3 is 0 Å². The van der Waals surface area contributed by atoms with Crippen LogP contribution in [0.4, 0.5) is 5.82 Å². The Bertz CT molecular complexity index is 865. The van der Waals surface area contributed by atoms with Gasteiger partial charge in [-0.1, -0.05) is 17.7 Å². The van der Waals surface area contributed by atoms with E-state index in [1.807, 2.05) is 24.3 Å². The molecule has 30 heavy (non-hydrogen) atoms. The standard InChI is InChI=1S/C23H28ClN3O3/c24-20-14-25-18(12-22(28)17-3-2-8-30-15-17)11-19(20)21-4-1-5-23(27-21)26-13-16-6-9-29-10-7-16/h1,4-5,11,14,16-17H,2-3,6-10,12-13,15H2,(H,26,27). The number of ether oxygens (including phenoxy) is 2. The number of carbonyl (C=O) groups is 1. The maximum atomic E-state index is 12.6. The molecule has 0 amide bonds. The van der Waals surface area contributed by atoms with Gasteiger partial charge in [0.05, 0.1) is 17.3 Å². The smallest absolute Gasteiger partial charge is 0.144 e. The minimum absolute atomic E-state index is 0.0319. The van der Waals surface area contributed by atoms with E-state index in [1.165, 1.54) is 0 Å². The molecule has 0 saturated carbocycles. The number of aromatic nitrogens is 2. The molecule has 2 aliphatic heterocycles. The van der Waals surface area contributed by atoms with Crippen LogP contribution in [-0.2, 0) is 20.7 Å². The summed E-state index contributed by atoms with van der Waals surface area (Å²) < 4.78 is 10.9. The maximum absolute atomic E-state index is 12.6. The molecule has 0 bridgehead atoms. The van der Waals surface area contributed by atoms with E-state index in [1.54, 1.807) is 6.20 Å². The lowest BCUT2D eigenvalue weighted by Gasteiger charge is -2.22. The van der Waals surface area contributed by atoms with Gasteiger partial charge in [-0.2, -0.15) is 0 Å². The Labute approximate surface area is 182 Å². The molecule has 2 saturated heterocycles. The lowest BCUT2D eigenvalue weighted by atomic mass is 9.94. The molecule has 2 aromatic rings. The third-order valence-corrected chi connectivity index (χ3v) is 6.12. The zero-order valence-electron chi connectivity index (χ0n) is 17.1. The van der Waals surface area contributed by atoms with Crippen LogP contribution in [0, 0.1) is 11.8 Å². The van der Waals surface area contributed by atoms with Gasteiger partial charge in [-0.05, 0) is 49.8 Å². The van der Waals surface area contributed by atoms with Crippen molar-refractivity contribution in [3.8, 4) is 11.3 Å². The minimum atomic E-state index is -0.0319. The lowest BCUT2D eigenvalue weighted by molar-refractivity contribution is -0.126. The Balaban J connectivity index is 1.45. The number of nitrogens with one attached hydrogen (secondary N) is 1. The van der Waals surface area contributed by atoms with Gasteiger partial charge < -0.3 is 14.8 Å². The molecule has 4 heterocycles. The minimum Gasteiger partial charge on any atom is -0.381 e. The molecule has 6 nitrogen and oxygen atoms in total. The summed E-state index contributed by atoms with van der Waals surface area (Å²) in [5.41, 5.74) is 2.28. The topological polar surface area (TPSA) is 73.3 Å². The quantitative estimate of drug-likeness (QED) is 0.711. The summed E-state index contributed by atoms with van der Waals surface area (Å²) in [6.07, 6.45) is 5.88. The van der Waals surface area contributed by atoms with E-state index in [-0.39, 0.29) is 11.7 Å². The summed E-state index contributed by atoms with van der Waals surface area (Å²) >= 11 is 6.43. The first-order valence-electron chi connectivity index (χ1n) is 10.7. The normalized spacial score (nSPS) is 20.1. The first kappa shape index (κ1) is 21.2. The van der Waals surface area contributed by atoms with Crippen LogP contribution in [0.15, 0.2) is 30.5 Å². The van der Waals surface area contributed by atoms with E-state index in [2.05, 4.69) is 10.3 Å². The summed E-state index contributed by atoms with van der Waals surface area (Å²) in [4.78, 5) is 21.7. The predicted octanol–water partition coefficient (Wildman–Crippen LogP) is 4.17. The van der Waals surface area contributed by atoms with Crippen LogP contribution in [0.3, 0.4) is 0 Å². The number of carbonyl (C=O) groups excluding carboxylic acids is 1. The Morgan fingerprint density at radius 1 is 1.17 bits per heavy atom. The van der Waals surface area contributed by atoms with Gasteiger partial charge in [-0.15, -0.1) is 0 Å². The molecular formula is C23H28ClN3O3. The highest BCUT2D eigenvalue weighted by Crippen LogP contribution is 2.28. The number of hydrogen-bond donors (Lipinski definition) is 1. The van der Waals surface area contributed by atoms with Crippen molar-refractivity contribution in [3.63, 3.8) is 0 Å². The van der Waals surface area contributed by atoms with Crippen LogP contribution >= 0.6 is 11.6 Å². The molecule has 2 aromatic heterocycles. The zero-order valence-corrected chi connectivity index (χ0v) is 17.9. The van der Waals surface area contributed by atoms with E-state index >= 15 is 0 Å². The number of Topliss-reactive ketones (excluding diaryl/α,β-unsaturated/α-hetero) is 1. The van der Waals surface area contributed by atoms with Crippen LogP contribution in [-0.4, -0.2) is 48.7 Å². The second kappa shape index (κ2) is 10.3. The van der Waals surface area contributed by atoms with Gasteiger partial charge in [0.1, 0.15) is 11.6 Å². The molecule has 0 aromatic carbocycles. The van der Waals surface area contributed by atoms with Crippen LogP contribution in [0.5, 0.6) is 0 Å². The summed E-state index contributed by atoms with van der Waals surface area (Å²) in [5, 5.41) is 3.97. The molecule has 2 aliphatic rings. The van der Waals surface area contributed by atoms with Crippen molar-refractivity contribution in [1.29, 1.82) is 0 Å². The van der Waals surface area contributed by atoms with Crippen molar-refractivity contribution < 1.29 is 14.3 Å². The van der Waals surface area contributed by atoms with E-state index in [9.17, 15) is 4.79 Å². The Kier molecular flexibility index (Phi) is 7.31. The van der Waals surface area contributed by atoms with Crippen molar-refractivity contribution >= 4 is 23.2 Å². The fraction of sp³-hybridized carbons (Fsp3) is 0.522. The molecule has 160 valence electrons. The third-order valence-electron chi connectivity index (χ3n) is 5.82. The first-order valence-corrected chi connectivity index (χ1v) is 11.1. The number of pyridine rings is 2. The number of anilines is 1. The van der Waals surface area contributed by atoms with Gasteiger partial charge in [-0.25, -0.2) is 4.98 Å². The Morgan fingerprint density at radius 2 is 2.03 bits per heavy atom. The van der Waals surface area contributed by atoms with Crippen LogP contribution in [0.25, 0.3) is 11.3 Å². The highest BCUT2D eigenvalue weighted by molar-refractivity contribution is 6.33. The Morgan fingerprint density at radius 3 is 2.83 bits per heavy atom. The average Bonchev–Trinajstić information content (AvgIpc) is 2.80. The van der Waals surface area contributed by atoms with Gasteiger partial charge in [0.25, 0.3) is 0 Å². The first-order chi connectivity index (χ1) is 14.7. The van der Waals surface area contributed by atoms with Gasteiger partial charge in [0, 0.05) is 56.2 Å². The molecule has 1 atom stereocenters. The summed E-state index contributed by atoms with van der Waals surface area (Å²) in [5.74, 6) is 1.57. The SMILES string of the molecule is O=C(Cc1cc(-c2cccc(NCC3CCOCC3)n2)c(Cl)cn1)C1CCCOC1. The molecule has 0 radical (unpaired) electrons.